The third-order valence-corrected chi connectivity index (χ3v) is 3.53. The van der Waals surface area contributed by atoms with Gasteiger partial charge in [0.05, 0.1) is 7.11 Å². The molecule has 4 aromatic rings. The summed E-state index contributed by atoms with van der Waals surface area (Å²) in [5, 5.41) is 3.11. The molecule has 0 spiro atoms. The number of nitrogens with one attached hydrogen (secondary N) is 2. The number of H-pyrrole nitrogens is 2. The number of fused-ring (bicyclic) bond motifs is 2. The second-order valence-electron chi connectivity index (χ2n) is 4.61. The van der Waals surface area contributed by atoms with Gasteiger partial charge in [-0.2, -0.15) is 0 Å². The second kappa shape index (κ2) is 5.94. The molecule has 0 aliphatic carbocycles. The summed E-state index contributed by atoms with van der Waals surface area (Å²) in [7, 11) is 1.68. The molecule has 4 rings (SSSR count). The highest BCUT2D eigenvalue weighted by Gasteiger charge is 1.98. The highest BCUT2D eigenvalue weighted by Crippen LogP contribution is 2.23. The van der Waals surface area contributed by atoms with Crippen LogP contribution in [0.15, 0.2) is 60.9 Å². The minimum Gasteiger partial charge on any atom is -0.496 e. The summed E-state index contributed by atoms with van der Waals surface area (Å²) >= 11 is 5.76. The van der Waals surface area contributed by atoms with E-state index in [2.05, 4.69) is 9.97 Å². The molecule has 0 saturated heterocycles. The standard InChI is InChI=1S/C9H9NO.C8H6ClN/c1-11-9-4-2-3-8-7(9)5-6-10-8;9-7-2-1-6-3-4-10-8(6)5-7/h2-6,10H,1H3;1-5,10H. The van der Waals surface area contributed by atoms with E-state index in [1.54, 1.807) is 7.11 Å². The van der Waals surface area contributed by atoms with Gasteiger partial charge in [-0.3, -0.25) is 0 Å². The van der Waals surface area contributed by atoms with Crippen LogP contribution in [0.4, 0.5) is 0 Å². The molecular weight excluding hydrogens is 284 g/mol. The Morgan fingerprint density at radius 1 is 0.905 bits per heavy atom. The second-order valence-corrected chi connectivity index (χ2v) is 5.04. The largest absolute Gasteiger partial charge is 0.496 e. The van der Waals surface area contributed by atoms with Crippen molar-refractivity contribution in [2.24, 2.45) is 0 Å². The Morgan fingerprint density at radius 3 is 2.57 bits per heavy atom. The van der Waals surface area contributed by atoms with Crippen LogP contribution in [0.25, 0.3) is 21.8 Å². The maximum Gasteiger partial charge on any atom is 0.128 e. The average molecular weight is 299 g/mol. The number of rotatable bonds is 1. The summed E-state index contributed by atoms with van der Waals surface area (Å²) in [4.78, 5) is 6.19. The van der Waals surface area contributed by atoms with Crippen LogP contribution in [-0.2, 0) is 0 Å². The normalized spacial score (nSPS) is 10.4. The number of hydrogen-bond donors (Lipinski definition) is 2. The number of hydrogen-bond acceptors (Lipinski definition) is 1. The van der Waals surface area contributed by atoms with Crippen molar-refractivity contribution in [1.29, 1.82) is 0 Å². The SMILES string of the molecule is COc1cccc2[nH]ccc12.Clc1ccc2cc[nH]c2c1. The Labute approximate surface area is 127 Å². The van der Waals surface area contributed by atoms with Crippen LogP contribution in [0.2, 0.25) is 5.02 Å². The Bertz CT molecular complexity index is 863. The minimum atomic E-state index is 0.773. The molecule has 106 valence electrons. The molecule has 0 unspecified atom stereocenters. The Hall–Kier alpha value is -2.39. The number of aromatic nitrogens is 2. The summed E-state index contributed by atoms with van der Waals surface area (Å²) in [5.41, 5.74) is 2.21. The molecule has 0 saturated carbocycles. The molecule has 2 heterocycles. The van der Waals surface area contributed by atoms with Crippen molar-refractivity contribution in [2.45, 2.75) is 0 Å². The number of halogens is 1. The smallest absolute Gasteiger partial charge is 0.128 e. The van der Waals surface area contributed by atoms with Gasteiger partial charge in [0, 0.05) is 33.8 Å². The fourth-order valence-corrected chi connectivity index (χ4v) is 2.43. The van der Waals surface area contributed by atoms with Gasteiger partial charge in [0.15, 0.2) is 0 Å². The van der Waals surface area contributed by atoms with E-state index in [1.165, 1.54) is 5.39 Å². The molecule has 2 aromatic carbocycles. The summed E-state index contributed by atoms with van der Waals surface area (Å²) < 4.78 is 5.17. The predicted molar refractivity (Wildman–Crippen MR) is 88.2 cm³/mol. The molecule has 0 fully saturated rings. The van der Waals surface area contributed by atoms with Crippen molar-refractivity contribution < 1.29 is 4.74 Å². The van der Waals surface area contributed by atoms with Gasteiger partial charge in [0.2, 0.25) is 0 Å². The van der Waals surface area contributed by atoms with Gasteiger partial charge in [-0.25, -0.2) is 0 Å². The molecule has 2 N–H and O–H groups in total. The van der Waals surface area contributed by atoms with Gasteiger partial charge in [-0.15, -0.1) is 0 Å². The zero-order valence-corrected chi connectivity index (χ0v) is 12.3. The van der Waals surface area contributed by atoms with Crippen molar-refractivity contribution >= 4 is 33.4 Å². The number of benzene rings is 2. The highest BCUT2D eigenvalue weighted by molar-refractivity contribution is 6.31. The van der Waals surface area contributed by atoms with Gasteiger partial charge in [-0.05, 0) is 41.8 Å². The number of methoxy groups -OCH3 is 1. The maximum absolute atomic E-state index is 5.76. The third kappa shape index (κ3) is 2.88. The van der Waals surface area contributed by atoms with Crippen LogP contribution >= 0.6 is 11.6 Å². The van der Waals surface area contributed by atoms with E-state index in [1.807, 2.05) is 60.9 Å². The molecule has 0 aliphatic heterocycles. The molecule has 0 radical (unpaired) electrons. The first-order valence-electron chi connectivity index (χ1n) is 6.60. The Balaban J connectivity index is 0.000000126. The lowest BCUT2D eigenvalue weighted by molar-refractivity contribution is 0.420. The summed E-state index contributed by atoms with van der Waals surface area (Å²) in [5.74, 6) is 0.920. The zero-order valence-electron chi connectivity index (χ0n) is 11.6. The van der Waals surface area contributed by atoms with E-state index in [9.17, 15) is 0 Å². The first-order valence-corrected chi connectivity index (χ1v) is 6.98. The fourth-order valence-electron chi connectivity index (χ4n) is 2.25. The first kappa shape index (κ1) is 13.6. The summed E-state index contributed by atoms with van der Waals surface area (Å²) in [6, 6.07) is 15.8. The monoisotopic (exact) mass is 298 g/mol. The van der Waals surface area contributed by atoms with E-state index in [0.717, 1.165) is 27.2 Å². The minimum absolute atomic E-state index is 0.773. The molecule has 0 aliphatic rings. The van der Waals surface area contributed by atoms with Crippen molar-refractivity contribution in [3.63, 3.8) is 0 Å². The van der Waals surface area contributed by atoms with E-state index in [4.69, 9.17) is 16.3 Å². The van der Waals surface area contributed by atoms with Gasteiger partial charge in [0.1, 0.15) is 5.75 Å². The lowest BCUT2D eigenvalue weighted by atomic mass is 10.2. The van der Waals surface area contributed by atoms with Gasteiger partial charge >= 0.3 is 0 Å². The van der Waals surface area contributed by atoms with Crippen molar-refractivity contribution in [3.8, 4) is 5.75 Å². The number of aromatic amines is 2. The first-order chi connectivity index (χ1) is 10.3. The molecule has 0 atom stereocenters. The van der Waals surface area contributed by atoms with Crippen LogP contribution in [-0.4, -0.2) is 17.1 Å². The van der Waals surface area contributed by atoms with Crippen LogP contribution in [0.1, 0.15) is 0 Å². The van der Waals surface area contributed by atoms with E-state index in [-0.39, 0.29) is 0 Å². The molecule has 3 nitrogen and oxygen atoms in total. The lowest BCUT2D eigenvalue weighted by Crippen LogP contribution is -1.81. The van der Waals surface area contributed by atoms with Crippen molar-refractivity contribution in [1.82, 2.24) is 9.97 Å². The zero-order chi connectivity index (χ0) is 14.7. The predicted octanol–water partition coefficient (Wildman–Crippen LogP) is 5.00. The van der Waals surface area contributed by atoms with Crippen molar-refractivity contribution in [2.75, 3.05) is 7.11 Å². The van der Waals surface area contributed by atoms with Crippen LogP contribution in [0.3, 0.4) is 0 Å². The van der Waals surface area contributed by atoms with Crippen LogP contribution in [0, 0.1) is 0 Å². The quantitative estimate of drug-likeness (QED) is 0.510. The van der Waals surface area contributed by atoms with Crippen LogP contribution in [0.5, 0.6) is 5.75 Å². The summed E-state index contributed by atoms with van der Waals surface area (Å²) in [6.45, 7) is 0. The number of ether oxygens (including phenoxy) is 1. The fraction of sp³-hybridized carbons (Fsp3) is 0.0588. The van der Waals surface area contributed by atoms with Gasteiger partial charge < -0.3 is 14.7 Å². The highest BCUT2D eigenvalue weighted by atomic mass is 35.5. The average Bonchev–Trinajstić information content (AvgIpc) is 3.15. The molecule has 4 heteroatoms. The van der Waals surface area contributed by atoms with Crippen LogP contribution < -0.4 is 4.74 Å². The summed E-state index contributed by atoms with van der Waals surface area (Å²) in [6.07, 6.45) is 3.81. The van der Waals surface area contributed by atoms with Gasteiger partial charge in [0.25, 0.3) is 0 Å². The lowest BCUT2D eigenvalue weighted by Gasteiger charge is -1.99. The van der Waals surface area contributed by atoms with E-state index in [0.29, 0.717) is 0 Å². The molecule has 2 aromatic heterocycles. The Kier molecular flexibility index (Phi) is 3.84. The van der Waals surface area contributed by atoms with E-state index < -0.39 is 0 Å². The van der Waals surface area contributed by atoms with E-state index >= 15 is 0 Å². The topological polar surface area (TPSA) is 40.8 Å². The molecular formula is C17H15ClN2O. The third-order valence-electron chi connectivity index (χ3n) is 3.29. The van der Waals surface area contributed by atoms with Gasteiger partial charge in [-0.1, -0.05) is 23.7 Å². The van der Waals surface area contributed by atoms with Crippen molar-refractivity contribution in [3.05, 3.63) is 65.9 Å². The molecule has 21 heavy (non-hydrogen) atoms. The maximum atomic E-state index is 5.76. The Morgan fingerprint density at radius 2 is 1.71 bits per heavy atom. The molecule has 0 bridgehead atoms. The molecule has 0 amide bonds.